The van der Waals surface area contributed by atoms with E-state index in [4.69, 9.17) is 26.8 Å². The second-order valence-electron chi connectivity index (χ2n) is 5.30. The summed E-state index contributed by atoms with van der Waals surface area (Å²) in [7, 11) is 0. The number of morpholine rings is 1. The summed E-state index contributed by atoms with van der Waals surface area (Å²) in [5.41, 5.74) is 3.40. The second kappa shape index (κ2) is 10.6. The number of ether oxygens (including phenoxy) is 2. The molecule has 136 valence electrons. The molecule has 1 saturated heterocycles. The molecular weight excluding hydrogens is 344 g/mol. The van der Waals surface area contributed by atoms with Crippen LogP contribution in [0.1, 0.15) is 5.56 Å². The second-order valence-corrected chi connectivity index (χ2v) is 5.71. The smallest absolute Gasteiger partial charge is 0.341 e. The standard InChI is InChI=1S/C16H22N4O4S/c21-15(22)12-24-14-4-2-1-3-13(14)11-18-19-16(25)17-5-6-20-7-9-23-10-8-20/h1-4,11H,5-10,12H2,(H,21,22)(H2,17,19,25)/b18-11+. The first-order valence-electron chi connectivity index (χ1n) is 7.96. The van der Waals surface area contributed by atoms with Crippen molar-refractivity contribution in [2.75, 3.05) is 46.0 Å². The maximum atomic E-state index is 10.6. The summed E-state index contributed by atoms with van der Waals surface area (Å²) < 4.78 is 10.5. The molecule has 0 radical (unpaired) electrons. The van der Waals surface area contributed by atoms with Gasteiger partial charge in [-0.05, 0) is 24.4 Å². The number of aliphatic carboxylic acids is 1. The van der Waals surface area contributed by atoms with Gasteiger partial charge in [0.1, 0.15) is 5.75 Å². The minimum Gasteiger partial charge on any atom is -0.481 e. The van der Waals surface area contributed by atoms with E-state index in [1.807, 2.05) is 6.07 Å². The van der Waals surface area contributed by atoms with E-state index in [9.17, 15) is 4.79 Å². The first-order chi connectivity index (χ1) is 12.1. The number of hydrogen-bond acceptors (Lipinski definition) is 6. The molecule has 1 aliphatic rings. The van der Waals surface area contributed by atoms with Crippen LogP contribution in [0.4, 0.5) is 0 Å². The van der Waals surface area contributed by atoms with Crippen LogP contribution < -0.4 is 15.5 Å². The van der Waals surface area contributed by atoms with Gasteiger partial charge < -0.3 is 19.9 Å². The molecule has 0 aliphatic carbocycles. The van der Waals surface area contributed by atoms with Crippen molar-refractivity contribution in [1.82, 2.24) is 15.6 Å². The Labute approximate surface area is 151 Å². The number of carboxylic acids is 1. The summed E-state index contributed by atoms with van der Waals surface area (Å²) in [6.45, 7) is 4.63. The lowest BCUT2D eigenvalue weighted by Gasteiger charge is -2.26. The van der Waals surface area contributed by atoms with Gasteiger partial charge in [0.05, 0.1) is 19.4 Å². The molecule has 0 unspecified atom stereocenters. The minimum atomic E-state index is -1.03. The van der Waals surface area contributed by atoms with Crippen LogP contribution in [0.3, 0.4) is 0 Å². The summed E-state index contributed by atoms with van der Waals surface area (Å²) in [6, 6.07) is 7.04. The van der Waals surface area contributed by atoms with Gasteiger partial charge in [-0.3, -0.25) is 10.3 Å². The Balaban J connectivity index is 1.72. The van der Waals surface area contributed by atoms with Gasteiger partial charge in [-0.25, -0.2) is 4.79 Å². The summed E-state index contributed by atoms with van der Waals surface area (Å²) >= 11 is 5.17. The highest BCUT2D eigenvalue weighted by atomic mass is 32.1. The number of thiocarbonyl (C=S) groups is 1. The lowest BCUT2D eigenvalue weighted by molar-refractivity contribution is -0.139. The molecule has 1 aromatic rings. The highest BCUT2D eigenvalue weighted by molar-refractivity contribution is 7.80. The Morgan fingerprint density at radius 2 is 2.16 bits per heavy atom. The number of hydrogen-bond donors (Lipinski definition) is 3. The van der Waals surface area contributed by atoms with Crippen LogP contribution >= 0.6 is 12.2 Å². The molecule has 0 spiro atoms. The maximum Gasteiger partial charge on any atom is 0.341 e. The fourth-order valence-corrected chi connectivity index (χ4v) is 2.37. The van der Waals surface area contributed by atoms with Crippen LogP contribution in [0.15, 0.2) is 29.4 Å². The summed E-state index contributed by atoms with van der Waals surface area (Å²) in [6.07, 6.45) is 1.53. The van der Waals surface area contributed by atoms with Gasteiger partial charge in [-0.1, -0.05) is 12.1 Å². The van der Waals surface area contributed by atoms with Crippen molar-refractivity contribution in [1.29, 1.82) is 0 Å². The van der Waals surface area contributed by atoms with Crippen molar-refractivity contribution in [3.8, 4) is 5.75 Å². The molecule has 0 atom stereocenters. The Kier molecular flexibility index (Phi) is 8.10. The van der Waals surface area contributed by atoms with Gasteiger partial charge >= 0.3 is 5.97 Å². The Bertz CT molecular complexity index is 606. The third-order valence-corrected chi connectivity index (χ3v) is 3.69. The molecule has 1 aliphatic heterocycles. The zero-order valence-corrected chi connectivity index (χ0v) is 14.6. The molecule has 1 fully saturated rings. The molecule has 2 rings (SSSR count). The Hall–Kier alpha value is -2.23. The average molecular weight is 366 g/mol. The fraction of sp³-hybridized carbons (Fsp3) is 0.438. The highest BCUT2D eigenvalue weighted by Gasteiger charge is 2.09. The predicted octanol–water partition coefficient (Wildman–Crippen LogP) is 0.280. The molecule has 1 aromatic carbocycles. The molecule has 25 heavy (non-hydrogen) atoms. The maximum absolute atomic E-state index is 10.6. The van der Waals surface area contributed by atoms with Crippen LogP contribution in [-0.2, 0) is 9.53 Å². The zero-order chi connectivity index (χ0) is 17.9. The monoisotopic (exact) mass is 366 g/mol. The molecule has 9 heteroatoms. The van der Waals surface area contributed by atoms with Crippen molar-refractivity contribution in [3.05, 3.63) is 29.8 Å². The number of benzene rings is 1. The van der Waals surface area contributed by atoms with E-state index in [2.05, 4.69) is 20.7 Å². The molecule has 1 heterocycles. The number of rotatable bonds is 8. The van der Waals surface area contributed by atoms with Gasteiger partial charge in [0.25, 0.3) is 0 Å². The number of nitrogens with zero attached hydrogens (tertiary/aromatic N) is 2. The van der Waals surface area contributed by atoms with E-state index >= 15 is 0 Å². The molecular formula is C16H22N4O4S. The lowest BCUT2D eigenvalue weighted by Crippen LogP contribution is -2.42. The zero-order valence-electron chi connectivity index (χ0n) is 13.8. The summed E-state index contributed by atoms with van der Waals surface area (Å²) in [5, 5.41) is 16.2. The van der Waals surface area contributed by atoms with E-state index < -0.39 is 12.6 Å². The van der Waals surface area contributed by atoms with Crippen LogP contribution in [-0.4, -0.2) is 73.3 Å². The quantitative estimate of drug-likeness (QED) is 0.343. The topological polar surface area (TPSA) is 95.4 Å². The van der Waals surface area contributed by atoms with Gasteiger partial charge in [-0.2, -0.15) is 5.10 Å². The normalized spacial score (nSPS) is 15.0. The first kappa shape index (κ1) is 19.1. The van der Waals surface area contributed by atoms with E-state index in [0.717, 1.165) is 39.4 Å². The molecule has 0 bridgehead atoms. The van der Waals surface area contributed by atoms with Crippen LogP contribution in [0.2, 0.25) is 0 Å². The molecule has 0 saturated carbocycles. The number of hydrazone groups is 1. The van der Waals surface area contributed by atoms with Crippen LogP contribution in [0.5, 0.6) is 5.75 Å². The average Bonchev–Trinajstić information content (AvgIpc) is 2.62. The van der Waals surface area contributed by atoms with Gasteiger partial charge in [0.2, 0.25) is 0 Å². The van der Waals surface area contributed by atoms with Gasteiger partial charge in [0, 0.05) is 31.7 Å². The van der Waals surface area contributed by atoms with E-state index in [-0.39, 0.29) is 0 Å². The number of para-hydroxylation sites is 1. The van der Waals surface area contributed by atoms with Gasteiger partial charge in [0.15, 0.2) is 11.7 Å². The van der Waals surface area contributed by atoms with Crippen molar-refractivity contribution in [3.63, 3.8) is 0 Å². The van der Waals surface area contributed by atoms with Crippen molar-refractivity contribution >= 4 is 29.5 Å². The molecule has 0 amide bonds. The molecule has 8 nitrogen and oxygen atoms in total. The largest absolute Gasteiger partial charge is 0.481 e. The minimum absolute atomic E-state index is 0.403. The van der Waals surface area contributed by atoms with Gasteiger partial charge in [-0.15, -0.1) is 0 Å². The number of carboxylic acid groups (broad SMARTS) is 1. The SMILES string of the molecule is O=C(O)COc1ccccc1/C=N/NC(=S)NCCN1CCOCC1. The van der Waals surface area contributed by atoms with Crippen molar-refractivity contribution in [2.45, 2.75) is 0 Å². The first-order valence-corrected chi connectivity index (χ1v) is 8.36. The third kappa shape index (κ3) is 7.46. The fourth-order valence-electron chi connectivity index (χ4n) is 2.21. The van der Waals surface area contributed by atoms with E-state index in [1.165, 1.54) is 6.21 Å². The summed E-state index contributed by atoms with van der Waals surface area (Å²) in [5.74, 6) is -0.586. The van der Waals surface area contributed by atoms with Crippen LogP contribution in [0.25, 0.3) is 0 Å². The summed E-state index contributed by atoms with van der Waals surface area (Å²) in [4.78, 5) is 12.9. The van der Waals surface area contributed by atoms with E-state index in [1.54, 1.807) is 18.2 Å². The molecule has 0 aromatic heterocycles. The highest BCUT2D eigenvalue weighted by Crippen LogP contribution is 2.15. The van der Waals surface area contributed by atoms with E-state index in [0.29, 0.717) is 16.4 Å². The number of carbonyl (C=O) groups is 1. The van der Waals surface area contributed by atoms with Crippen molar-refractivity contribution < 1.29 is 19.4 Å². The predicted molar refractivity (Wildman–Crippen MR) is 98.2 cm³/mol. The third-order valence-electron chi connectivity index (χ3n) is 3.46. The Morgan fingerprint density at radius 1 is 1.40 bits per heavy atom. The van der Waals surface area contributed by atoms with Crippen molar-refractivity contribution in [2.24, 2.45) is 5.10 Å². The Morgan fingerprint density at radius 3 is 2.92 bits per heavy atom. The lowest BCUT2D eigenvalue weighted by atomic mass is 10.2. The number of nitrogens with one attached hydrogen (secondary N) is 2. The molecule has 3 N–H and O–H groups in total. The van der Waals surface area contributed by atoms with Crippen LogP contribution in [0, 0.1) is 0 Å².